The maximum absolute atomic E-state index is 12.5. The van der Waals surface area contributed by atoms with Crippen LogP contribution in [0.2, 0.25) is 0 Å². The molecule has 0 aromatic carbocycles. The number of nitrogens with zero attached hydrogens (tertiary/aromatic N) is 3. The van der Waals surface area contributed by atoms with Gasteiger partial charge in [0.2, 0.25) is 5.91 Å². The maximum atomic E-state index is 12.5. The van der Waals surface area contributed by atoms with Gasteiger partial charge in [-0.2, -0.15) is 16.9 Å². The number of thioether (sulfide) groups is 1. The minimum atomic E-state index is -0.216. The Bertz CT molecular complexity index is 545. The van der Waals surface area contributed by atoms with Crippen molar-refractivity contribution in [3.8, 4) is 0 Å². The van der Waals surface area contributed by atoms with Gasteiger partial charge in [-0.3, -0.25) is 9.59 Å². The molecule has 0 N–H and O–H groups in total. The number of hydrogen-bond acceptors (Lipinski definition) is 4. The van der Waals surface area contributed by atoms with Crippen LogP contribution >= 0.6 is 11.8 Å². The maximum Gasteiger partial charge on any atom is 0.267 e. The first-order valence-corrected chi connectivity index (χ1v) is 8.34. The molecule has 1 amide bonds. The zero-order chi connectivity index (χ0) is 14.1. The van der Waals surface area contributed by atoms with Crippen LogP contribution in [-0.2, 0) is 11.3 Å². The van der Waals surface area contributed by atoms with Crippen LogP contribution in [0.25, 0.3) is 0 Å². The van der Waals surface area contributed by atoms with Crippen molar-refractivity contribution >= 4 is 17.7 Å². The van der Waals surface area contributed by atoms with E-state index in [1.165, 1.54) is 10.7 Å². The second kappa shape index (κ2) is 5.60. The van der Waals surface area contributed by atoms with Gasteiger partial charge in [0.1, 0.15) is 6.54 Å². The third-order valence-corrected chi connectivity index (χ3v) is 5.43. The topological polar surface area (TPSA) is 55.2 Å². The van der Waals surface area contributed by atoms with Crippen LogP contribution in [0.5, 0.6) is 0 Å². The fraction of sp³-hybridized carbons (Fsp3) is 0.643. The van der Waals surface area contributed by atoms with Crippen LogP contribution in [-0.4, -0.2) is 44.2 Å². The van der Waals surface area contributed by atoms with E-state index in [1.807, 2.05) is 16.7 Å². The highest BCUT2D eigenvalue weighted by molar-refractivity contribution is 7.99. The predicted octanol–water partition coefficient (Wildman–Crippen LogP) is 1.13. The molecule has 0 aliphatic carbocycles. The number of piperidine rings is 1. The molecule has 1 aromatic heterocycles. The van der Waals surface area contributed by atoms with E-state index >= 15 is 0 Å². The molecule has 3 rings (SSSR count). The lowest BCUT2D eigenvalue weighted by Gasteiger charge is -2.38. The SMILES string of the molecule is CSC1C[C@H]2CC[C@@H](C1)N2C(=O)Cn1ncccc1=O. The van der Waals surface area contributed by atoms with Crippen LogP contribution in [0.1, 0.15) is 25.7 Å². The number of carbonyl (C=O) groups is 1. The van der Waals surface area contributed by atoms with Gasteiger partial charge in [0.05, 0.1) is 0 Å². The monoisotopic (exact) mass is 293 g/mol. The molecule has 6 heteroatoms. The highest BCUT2D eigenvalue weighted by atomic mass is 32.2. The summed E-state index contributed by atoms with van der Waals surface area (Å²) < 4.78 is 1.25. The molecule has 2 fully saturated rings. The molecule has 1 aromatic rings. The summed E-state index contributed by atoms with van der Waals surface area (Å²) in [6.45, 7) is 0.0661. The van der Waals surface area contributed by atoms with E-state index in [4.69, 9.17) is 0 Å². The molecule has 2 aliphatic heterocycles. The second-order valence-corrected chi connectivity index (χ2v) is 6.67. The number of amides is 1. The molecule has 3 atom stereocenters. The van der Waals surface area contributed by atoms with Crippen molar-refractivity contribution in [3.63, 3.8) is 0 Å². The highest BCUT2D eigenvalue weighted by Crippen LogP contribution is 2.39. The Morgan fingerprint density at radius 2 is 2.10 bits per heavy atom. The summed E-state index contributed by atoms with van der Waals surface area (Å²) in [5.41, 5.74) is -0.216. The van der Waals surface area contributed by atoms with Crippen LogP contribution in [0.3, 0.4) is 0 Å². The van der Waals surface area contributed by atoms with E-state index in [0.29, 0.717) is 17.3 Å². The zero-order valence-corrected chi connectivity index (χ0v) is 12.4. The Balaban J connectivity index is 1.73. The van der Waals surface area contributed by atoms with Gasteiger partial charge in [0.15, 0.2) is 0 Å². The van der Waals surface area contributed by atoms with E-state index in [1.54, 1.807) is 12.3 Å². The molecular weight excluding hydrogens is 274 g/mol. The lowest BCUT2D eigenvalue weighted by molar-refractivity contribution is -0.136. The van der Waals surface area contributed by atoms with Gasteiger partial charge in [-0.15, -0.1) is 0 Å². The average molecular weight is 293 g/mol. The molecule has 1 unspecified atom stereocenters. The van der Waals surface area contributed by atoms with E-state index < -0.39 is 0 Å². The molecular formula is C14H19N3O2S. The number of carbonyl (C=O) groups excluding carboxylic acids is 1. The Hall–Kier alpha value is -1.30. The second-order valence-electron chi connectivity index (χ2n) is 5.53. The van der Waals surface area contributed by atoms with Crippen molar-refractivity contribution < 1.29 is 4.79 Å². The minimum Gasteiger partial charge on any atom is -0.335 e. The van der Waals surface area contributed by atoms with Crippen LogP contribution in [0, 0.1) is 0 Å². The summed E-state index contributed by atoms with van der Waals surface area (Å²) in [5, 5.41) is 4.64. The average Bonchev–Trinajstić information content (AvgIpc) is 2.72. The molecule has 108 valence electrons. The summed E-state index contributed by atoms with van der Waals surface area (Å²) in [6, 6.07) is 3.75. The molecule has 0 saturated carbocycles. The fourth-order valence-electron chi connectivity index (χ4n) is 3.44. The Labute approximate surface area is 122 Å². The first-order valence-electron chi connectivity index (χ1n) is 7.05. The van der Waals surface area contributed by atoms with Crippen LogP contribution in [0.15, 0.2) is 23.1 Å². The predicted molar refractivity (Wildman–Crippen MR) is 78.7 cm³/mol. The van der Waals surface area contributed by atoms with E-state index in [2.05, 4.69) is 11.4 Å². The molecule has 20 heavy (non-hydrogen) atoms. The highest BCUT2D eigenvalue weighted by Gasteiger charge is 2.42. The summed E-state index contributed by atoms with van der Waals surface area (Å²) in [6.07, 6.45) is 8.06. The molecule has 0 radical (unpaired) electrons. The van der Waals surface area contributed by atoms with Gasteiger partial charge < -0.3 is 4.90 Å². The largest absolute Gasteiger partial charge is 0.335 e. The number of rotatable bonds is 3. The van der Waals surface area contributed by atoms with Crippen molar-refractivity contribution in [3.05, 3.63) is 28.7 Å². The van der Waals surface area contributed by atoms with Gasteiger partial charge in [-0.25, -0.2) is 4.68 Å². The van der Waals surface area contributed by atoms with Crippen molar-refractivity contribution in [2.45, 2.75) is 49.6 Å². The first-order chi connectivity index (χ1) is 9.69. The minimum absolute atomic E-state index is 0.0397. The molecule has 5 nitrogen and oxygen atoms in total. The van der Waals surface area contributed by atoms with E-state index in [0.717, 1.165) is 25.7 Å². The van der Waals surface area contributed by atoms with Crippen molar-refractivity contribution in [1.29, 1.82) is 0 Å². The molecule has 2 aliphatic rings. The normalized spacial score (nSPS) is 28.6. The lowest BCUT2D eigenvalue weighted by Crippen LogP contribution is -2.49. The van der Waals surface area contributed by atoms with Gasteiger partial charge in [0, 0.05) is 29.6 Å². The Kier molecular flexibility index (Phi) is 3.83. The number of fused-ring (bicyclic) bond motifs is 2. The van der Waals surface area contributed by atoms with Gasteiger partial charge >= 0.3 is 0 Å². The Morgan fingerprint density at radius 3 is 2.70 bits per heavy atom. The third-order valence-electron chi connectivity index (χ3n) is 4.38. The first kappa shape index (κ1) is 13.7. The van der Waals surface area contributed by atoms with Gasteiger partial charge in [-0.05, 0) is 38.0 Å². The van der Waals surface area contributed by atoms with Gasteiger partial charge in [-0.1, -0.05) is 0 Å². The molecule has 2 saturated heterocycles. The van der Waals surface area contributed by atoms with Crippen molar-refractivity contribution in [2.75, 3.05) is 6.26 Å². The number of aromatic nitrogens is 2. The fourth-order valence-corrected chi connectivity index (χ4v) is 4.27. The lowest BCUT2D eigenvalue weighted by atomic mass is 10.0. The van der Waals surface area contributed by atoms with E-state index in [-0.39, 0.29) is 18.0 Å². The quantitative estimate of drug-likeness (QED) is 0.838. The smallest absolute Gasteiger partial charge is 0.267 e. The standard InChI is InChI=1S/C14H19N3O2S/c1-20-12-7-10-4-5-11(8-12)17(10)14(19)9-16-13(18)3-2-6-15-16/h2-3,6,10-12H,4-5,7-9H2,1H3/t10-,11+,12?. The summed E-state index contributed by atoms with van der Waals surface area (Å²) in [4.78, 5) is 26.2. The summed E-state index contributed by atoms with van der Waals surface area (Å²) in [5.74, 6) is 0.0397. The summed E-state index contributed by atoms with van der Waals surface area (Å²) in [7, 11) is 0. The zero-order valence-electron chi connectivity index (χ0n) is 11.6. The van der Waals surface area contributed by atoms with Crippen LogP contribution < -0.4 is 5.56 Å². The Morgan fingerprint density at radius 1 is 1.40 bits per heavy atom. The van der Waals surface area contributed by atoms with Crippen molar-refractivity contribution in [2.24, 2.45) is 0 Å². The van der Waals surface area contributed by atoms with Crippen molar-refractivity contribution in [1.82, 2.24) is 14.7 Å². The van der Waals surface area contributed by atoms with Gasteiger partial charge in [0.25, 0.3) is 5.56 Å². The molecule has 3 heterocycles. The molecule has 2 bridgehead atoms. The molecule has 0 spiro atoms. The third kappa shape index (κ3) is 2.49. The number of hydrogen-bond donors (Lipinski definition) is 0. The summed E-state index contributed by atoms with van der Waals surface area (Å²) >= 11 is 1.91. The van der Waals surface area contributed by atoms with Crippen LogP contribution in [0.4, 0.5) is 0 Å². The van der Waals surface area contributed by atoms with E-state index in [9.17, 15) is 9.59 Å².